The largest absolute Gasteiger partial charge is 0.465 e. The molecule has 6 heteroatoms. The number of carbonyl (C=O) groups is 1. The Morgan fingerprint density at radius 3 is 2.67 bits per heavy atom. The van der Waals surface area contributed by atoms with Crippen molar-refractivity contribution in [3.05, 3.63) is 29.7 Å². The Balaban J connectivity index is 2.57. The van der Waals surface area contributed by atoms with Crippen LogP contribution in [-0.4, -0.2) is 25.7 Å². The van der Waals surface area contributed by atoms with E-state index in [0.29, 0.717) is 17.0 Å². The topological polar surface area (TPSA) is 86.9 Å². The van der Waals surface area contributed by atoms with Gasteiger partial charge in [0.05, 0.1) is 11.4 Å². The molecule has 2 aromatic rings. The van der Waals surface area contributed by atoms with Crippen LogP contribution in [0.1, 0.15) is 25.2 Å². The molecule has 2 aromatic heterocycles. The van der Waals surface area contributed by atoms with E-state index in [1.165, 1.54) is 0 Å². The lowest BCUT2D eigenvalue weighted by molar-refractivity contribution is 0.0737. The van der Waals surface area contributed by atoms with Crippen molar-refractivity contribution in [1.82, 2.24) is 9.38 Å². The van der Waals surface area contributed by atoms with E-state index in [0.717, 1.165) is 5.69 Å². The van der Waals surface area contributed by atoms with Crippen LogP contribution in [0, 0.1) is 6.92 Å². The van der Waals surface area contributed by atoms with Crippen molar-refractivity contribution in [2.24, 2.45) is 0 Å². The number of nitrogens with zero attached hydrogens (tertiary/aromatic N) is 2. The molecule has 0 aliphatic carbocycles. The second kappa shape index (κ2) is 3.99. The molecule has 0 bridgehead atoms. The van der Waals surface area contributed by atoms with Gasteiger partial charge in [-0.1, -0.05) is 0 Å². The second-order valence-electron chi connectivity index (χ2n) is 4.68. The Morgan fingerprint density at radius 1 is 1.44 bits per heavy atom. The van der Waals surface area contributed by atoms with Crippen molar-refractivity contribution in [2.75, 3.05) is 5.32 Å². The summed E-state index contributed by atoms with van der Waals surface area (Å²) in [6.45, 7) is 5.16. The smallest absolute Gasteiger partial charge is 0.409 e. The van der Waals surface area contributed by atoms with E-state index in [9.17, 15) is 9.90 Å². The Hall–Kier alpha value is -2.08. The van der Waals surface area contributed by atoms with Gasteiger partial charge in [0.25, 0.3) is 0 Å². The Labute approximate surface area is 104 Å². The highest BCUT2D eigenvalue weighted by Gasteiger charge is 2.23. The zero-order valence-corrected chi connectivity index (χ0v) is 10.4. The molecular weight excluding hydrogens is 234 g/mol. The minimum absolute atomic E-state index is 0.456. The van der Waals surface area contributed by atoms with E-state index in [-0.39, 0.29) is 0 Å². The SMILES string of the molecule is Cc1c(C(C)(C)O)nc2ccc(NC(=O)O)cn12. The summed E-state index contributed by atoms with van der Waals surface area (Å²) in [7, 11) is 0. The van der Waals surface area contributed by atoms with Gasteiger partial charge >= 0.3 is 6.09 Å². The van der Waals surface area contributed by atoms with Crippen molar-refractivity contribution in [1.29, 1.82) is 0 Å². The molecule has 0 spiro atoms. The average molecular weight is 249 g/mol. The summed E-state index contributed by atoms with van der Waals surface area (Å²) in [5.74, 6) is 0. The first-order valence-corrected chi connectivity index (χ1v) is 5.50. The van der Waals surface area contributed by atoms with Gasteiger partial charge in [-0.25, -0.2) is 9.78 Å². The van der Waals surface area contributed by atoms with Gasteiger partial charge in [0.15, 0.2) is 0 Å². The van der Waals surface area contributed by atoms with Crippen LogP contribution in [-0.2, 0) is 5.60 Å². The van der Waals surface area contributed by atoms with Crippen molar-refractivity contribution < 1.29 is 15.0 Å². The minimum atomic E-state index is -1.12. The zero-order valence-electron chi connectivity index (χ0n) is 10.4. The van der Waals surface area contributed by atoms with Crippen molar-refractivity contribution >= 4 is 17.4 Å². The molecule has 0 aliphatic heterocycles. The molecule has 2 heterocycles. The fraction of sp³-hybridized carbons (Fsp3) is 0.333. The third-order valence-corrected chi connectivity index (χ3v) is 2.69. The molecule has 0 aromatic carbocycles. The Morgan fingerprint density at radius 2 is 2.11 bits per heavy atom. The number of aliphatic hydroxyl groups is 1. The van der Waals surface area contributed by atoms with E-state index in [1.807, 2.05) is 6.92 Å². The number of aromatic nitrogens is 2. The Kier molecular flexibility index (Phi) is 2.74. The molecule has 18 heavy (non-hydrogen) atoms. The number of imidazole rings is 1. The lowest BCUT2D eigenvalue weighted by Gasteiger charge is -2.14. The predicted molar refractivity (Wildman–Crippen MR) is 66.8 cm³/mol. The van der Waals surface area contributed by atoms with E-state index in [4.69, 9.17) is 5.11 Å². The lowest BCUT2D eigenvalue weighted by atomic mass is 10.0. The number of amides is 1. The molecule has 0 saturated carbocycles. The summed E-state index contributed by atoms with van der Waals surface area (Å²) in [4.78, 5) is 14.9. The van der Waals surface area contributed by atoms with E-state index in [2.05, 4.69) is 10.3 Å². The first kappa shape index (κ1) is 12.4. The maximum Gasteiger partial charge on any atom is 0.409 e. The van der Waals surface area contributed by atoms with Gasteiger partial charge in [0, 0.05) is 11.9 Å². The first-order chi connectivity index (χ1) is 8.29. The first-order valence-electron chi connectivity index (χ1n) is 5.50. The number of hydrogen-bond donors (Lipinski definition) is 3. The summed E-state index contributed by atoms with van der Waals surface area (Å²) in [5.41, 5.74) is 1.45. The minimum Gasteiger partial charge on any atom is -0.465 e. The van der Waals surface area contributed by atoms with Gasteiger partial charge in [0.2, 0.25) is 0 Å². The summed E-state index contributed by atoms with van der Waals surface area (Å²) < 4.78 is 1.75. The van der Waals surface area contributed by atoms with Gasteiger partial charge in [0.1, 0.15) is 11.2 Å². The molecule has 1 amide bonds. The van der Waals surface area contributed by atoms with E-state index in [1.54, 1.807) is 36.6 Å². The van der Waals surface area contributed by atoms with Crippen LogP contribution in [0.25, 0.3) is 5.65 Å². The lowest BCUT2D eigenvalue weighted by Crippen LogP contribution is -2.17. The van der Waals surface area contributed by atoms with Gasteiger partial charge in [-0.15, -0.1) is 0 Å². The van der Waals surface area contributed by atoms with Crippen LogP contribution in [0.3, 0.4) is 0 Å². The van der Waals surface area contributed by atoms with Crippen LogP contribution >= 0.6 is 0 Å². The van der Waals surface area contributed by atoms with Gasteiger partial charge in [-0.3, -0.25) is 5.32 Å². The molecule has 0 saturated heterocycles. The van der Waals surface area contributed by atoms with Crippen LogP contribution in [0.5, 0.6) is 0 Å². The summed E-state index contributed by atoms with van der Waals surface area (Å²) >= 11 is 0. The highest BCUT2D eigenvalue weighted by atomic mass is 16.4. The zero-order chi connectivity index (χ0) is 13.5. The number of hydrogen-bond acceptors (Lipinski definition) is 3. The van der Waals surface area contributed by atoms with Crippen molar-refractivity contribution in [3.63, 3.8) is 0 Å². The molecule has 0 atom stereocenters. The number of aryl methyl sites for hydroxylation is 1. The number of anilines is 1. The predicted octanol–water partition coefficient (Wildman–Crippen LogP) is 1.96. The van der Waals surface area contributed by atoms with E-state index < -0.39 is 11.7 Å². The van der Waals surface area contributed by atoms with Crippen LogP contribution in [0.2, 0.25) is 0 Å². The number of pyridine rings is 1. The van der Waals surface area contributed by atoms with Crippen LogP contribution in [0.4, 0.5) is 10.5 Å². The molecule has 2 rings (SSSR count). The second-order valence-corrected chi connectivity index (χ2v) is 4.68. The molecule has 3 N–H and O–H groups in total. The van der Waals surface area contributed by atoms with Gasteiger partial charge in [-0.05, 0) is 32.9 Å². The maximum absolute atomic E-state index is 10.6. The average Bonchev–Trinajstić information content (AvgIpc) is 2.55. The number of nitrogens with one attached hydrogen (secondary N) is 1. The summed E-state index contributed by atoms with van der Waals surface area (Å²) in [5, 5.41) is 20.9. The Bertz CT molecular complexity index is 611. The van der Waals surface area contributed by atoms with E-state index >= 15 is 0 Å². The fourth-order valence-electron chi connectivity index (χ4n) is 1.94. The number of rotatable bonds is 2. The van der Waals surface area contributed by atoms with Crippen molar-refractivity contribution in [2.45, 2.75) is 26.4 Å². The van der Waals surface area contributed by atoms with Crippen LogP contribution < -0.4 is 5.32 Å². The van der Waals surface area contributed by atoms with Crippen molar-refractivity contribution in [3.8, 4) is 0 Å². The monoisotopic (exact) mass is 249 g/mol. The van der Waals surface area contributed by atoms with Gasteiger partial charge in [-0.2, -0.15) is 0 Å². The standard InChI is InChI=1S/C12H15N3O3/c1-7-10(12(2,3)18)14-9-5-4-8(6-15(7)9)13-11(16)17/h4-6,13,18H,1-3H3,(H,16,17). The fourth-order valence-corrected chi connectivity index (χ4v) is 1.94. The summed E-state index contributed by atoms with van der Waals surface area (Å²) in [6.07, 6.45) is 0.524. The van der Waals surface area contributed by atoms with Crippen LogP contribution in [0.15, 0.2) is 18.3 Å². The molecular formula is C12H15N3O3. The summed E-state index contributed by atoms with van der Waals surface area (Å²) in [6, 6.07) is 3.33. The molecule has 0 unspecified atom stereocenters. The molecule has 0 radical (unpaired) electrons. The third-order valence-electron chi connectivity index (χ3n) is 2.69. The third kappa shape index (κ3) is 2.14. The highest BCUT2D eigenvalue weighted by Crippen LogP contribution is 2.24. The molecule has 0 aliphatic rings. The normalized spacial score (nSPS) is 11.8. The highest BCUT2D eigenvalue weighted by molar-refractivity contribution is 5.82. The van der Waals surface area contributed by atoms with Gasteiger partial charge < -0.3 is 14.6 Å². The number of fused-ring (bicyclic) bond motifs is 1. The molecule has 6 nitrogen and oxygen atoms in total. The quantitative estimate of drug-likeness (QED) is 0.759. The maximum atomic E-state index is 10.6. The molecule has 96 valence electrons. The number of carboxylic acid groups (broad SMARTS) is 1. The molecule has 0 fully saturated rings.